The Kier molecular flexibility index (Phi) is 5.73. The first-order valence-electron chi connectivity index (χ1n) is 12.1. The Morgan fingerprint density at radius 2 is 1.82 bits per heavy atom. The summed E-state index contributed by atoms with van der Waals surface area (Å²) in [6, 6.07) is 6.39. The highest BCUT2D eigenvalue weighted by atomic mass is 19.1. The highest BCUT2D eigenvalue weighted by molar-refractivity contribution is 6.24. The van der Waals surface area contributed by atoms with Gasteiger partial charge in [0.1, 0.15) is 28.7 Å². The minimum absolute atomic E-state index is 0.0106. The largest absolute Gasteiger partial charge is 0.510 e. The summed E-state index contributed by atoms with van der Waals surface area (Å²) in [5.74, 6) is -7.41. The first-order chi connectivity index (χ1) is 17.8. The van der Waals surface area contributed by atoms with Crippen molar-refractivity contribution >= 4 is 17.5 Å². The molecular weight excluding hydrogens is 495 g/mol. The average molecular weight is 523 g/mol. The topological polar surface area (TPSA) is 161 Å². The fraction of sp³-hybridized carbons (Fsp3) is 0.321. The van der Waals surface area contributed by atoms with Gasteiger partial charge in [-0.3, -0.25) is 19.3 Å². The normalized spacial score (nSPS) is 26.8. The number of carbonyl (C=O) groups excluding carboxylic acids is 3. The zero-order chi connectivity index (χ0) is 27.8. The number of hydrogen-bond acceptors (Lipinski definition) is 8. The number of carbonyl (C=O) groups is 3. The number of nitrogens with two attached hydrogens (primary N) is 1. The van der Waals surface area contributed by atoms with Crippen LogP contribution in [0.2, 0.25) is 0 Å². The third-order valence-corrected chi connectivity index (χ3v) is 8.07. The lowest BCUT2D eigenvalue weighted by atomic mass is 9.58. The standard InChI is InChI=1S/C28H27FN2O7/c1-11-8-12(4-6-17(11)29)14-5-7-18(32)20-15(14)9-13-10-16-22(31(2)3)24(34)21(27(30)37)26(36)28(16,38)25(35)19(13)23(20)33/h4-8,13,16,22,32,34-35,38H,9-10H2,1-3H3,(H2,30,37)/t13-,16-,22-,28-/m1/s1. The van der Waals surface area contributed by atoms with Gasteiger partial charge >= 0.3 is 0 Å². The van der Waals surface area contributed by atoms with E-state index in [1.807, 2.05) is 0 Å². The Bertz CT molecular complexity index is 1510. The zero-order valence-corrected chi connectivity index (χ0v) is 20.9. The second kappa shape index (κ2) is 8.50. The number of phenolic OH excluding ortho intramolecular Hbond substituents is 1. The second-order valence-electron chi connectivity index (χ2n) is 10.4. The van der Waals surface area contributed by atoms with Crippen LogP contribution in [0.5, 0.6) is 5.75 Å². The van der Waals surface area contributed by atoms with Crippen molar-refractivity contribution in [2.24, 2.45) is 17.6 Å². The maximum absolute atomic E-state index is 13.9. The van der Waals surface area contributed by atoms with Crippen LogP contribution >= 0.6 is 0 Å². The van der Waals surface area contributed by atoms with Crippen LogP contribution in [-0.4, -0.2) is 68.5 Å². The number of Topliss-reactive ketones (excluding diaryl/α,β-unsaturated/α-hetero) is 2. The molecule has 10 heteroatoms. The molecule has 2 aromatic rings. The molecule has 4 atom stereocenters. The molecule has 38 heavy (non-hydrogen) atoms. The zero-order valence-electron chi connectivity index (χ0n) is 20.9. The van der Waals surface area contributed by atoms with Gasteiger partial charge in [0.15, 0.2) is 11.4 Å². The summed E-state index contributed by atoms with van der Waals surface area (Å²) in [6.07, 6.45) is 0.137. The number of aromatic hydroxyl groups is 1. The maximum Gasteiger partial charge on any atom is 0.255 e. The van der Waals surface area contributed by atoms with Gasteiger partial charge in [0.2, 0.25) is 5.78 Å². The van der Waals surface area contributed by atoms with E-state index in [1.54, 1.807) is 39.2 Å². The SMILES string of the molecule is Cc1cc(-c2ccc(O)c3c2C[C@@H]2C[C@@H]4[C@@H](N(C)C)C(O)=C(C(N)=O)C(=O)[C@]4(O)C(O)=C2C3=O)ccc1F. The Morgan fingerprint density at radius 3 is 2.42 bits per heavy atom. The van der Waals surface area contributed by atoms with Crippen molar-refractivity contribution in [2.75, 3.05) is 14.1 Å². The van der Waals surface area contributed by atoms with E-state index >= 15 is 0 Å². The molecule has 0 bridgehead atoms. The molecule has 0 spiro atoms. The predicted octanol–water partition coefficient (Wildman–Crippen LogP) is 2.24. The van der Waals surface area contributed by atoms with Crippen molar-refractivity contribution in [2.45, 2.75) is 31.4 Å². The van der Waals surface area contributed by atoms with Crippen molar-refractivity contribution in [3.8, 4) is 16.9 Å². The van der Waals surface area contributed by atoms with Gasteiger partial charge in [0.05, 0.1) is 11.6 Å². The lowest BCUT2D eigenvalue weighted by molar-refractivity contribution is -0.148. The number of aryl methyl sites for hydroxylation is 1. The van der Waals surface area contributed by atoms with Crippen molar-refractivity contribution in [1.82, 2.24) is 4.90 Å². The Hall–Kier alpha value is -4.02. The Labute approximate surface area is 217 Å². The molecule has 3 aliphatic carbocycles. The quantitative estimate of drug-likeness (QED) is 0.384. The minimum atomic E-state index is -2.69. The summed E-state index contributed by atoms with van der Waals surface area (Å²) in [5.41, 5.74) is 3.58. The number of fused-ring (bicyclic) bond motifs is 3. The molecule has 2 aromatic carbocycles. The summed E-state index contributed by atoms with van der Waals surface area (Å²) in [6.45, 7) is 1.61. The molecule has 1 amide bonds. The van der Waals surface area contributed by atoms with Gasteiger partial charge in [-0.05, 0) is 80.2 Å². The van der Waals surface area contributed by atoms with E-state index in [0.29, 0.717) is 22.3 Å². The molecule has 5 rings (SSSR count). The van der Waals surface area contributed by atoms with Crippen LogP contribution in [0.25, 0.3) is 11.1 Å². The van der Waals surface area contributed by atoms with Crippen molar-refractivity contribution in [1.29, 1.82) is 0 Å². The molecular formula is C28H27FN2O7. The van der Waals surface area contributed by atoms with E-state index in [-0.39, 0.29) is 35.5 Å². The number of phenols is 1. The van der Waals surface area contributed by atoms with Gasteiger partial charge in [0.25, 0.3) is 5.91 Å². The second-order valence-corrected chi connectivity index (χ2v) is 10.4. The summed E-state index contributed by atoms with van der Waals surface area (Å²) >= 11 is 0. The first kappa shape index (κ1) is 25.6. The third kappa shape index (κ3) is 3.33. The lowest BCUT2D eigenvalue weighted by Crippen LogP contribution is -2.63. The lowest BCUT2D eigenvalue weighted by Gasteiger charge is -2.50. The smallest absolute Gasteiger partial charge is 0.255 e. The average Bonchev–Trinajstić information content (AvgIpc) is 2.83. The van der Waals surface area contributed by atoms with Gasteiger partial charge in [-0.25, -0.2) is 4.39 Å². The van der Waals surface area contributed by atoms with Gasteiger partial charge in [-0.2, -0.15) is 0 Å². The first-order valence-corrected chi connectivity index (χ1v) is 12.1. The molecule has 0 heterocycles. The van der Waals surface area contributed by atoms with Gasteiger partial charge in [-0.1, -0.05) is 12.1 Å². The number of rotatable bonds is 3. The molecule has 0 saturated carbocycles. The molecule has 0 radical (unpaired) electrons. The highest BCUT2D eigenvalue weighted by Gasteiger charge is 2.63. The third-order valence-electron chi connectivity index (χ3n) is 8.07. The Morgan fingerprint density at radius 1 is 1.13 bits per heavy atom. The van der Waals surface area contributed by atoms with E-state index in [4.69, 9.17) is 5.73 Å². The number of benzene rings is 2. The molecule has 0 aliphatic heterocycles. The summed E-state index contributed by atoms with van der Waals surface area (Å²) in [5, 5.41) is 44.5. The van der Waals surface area contributed by atoms with Crippen LogP contribution in [0.3, 0.4) is 0 Å². The van der Waals surface area contributed by atoms with Crippen LogP contribution in [0.4, 0.5) is 4.39 Å². The van der Waals surface area contributed by atoms with E-state index < -0.39 is 58.0 Å². The van der Waals surface area contributed by atoms with Crippen molar-refractivity contribution in [3.63, 3.8) is 0 Å². The minimum Gasteiger partial charge on any atom is -0.510 e. The van der Waals surface area contributed by atoms with Crippen LogP contribution < -0.4 is 5.73 Å². The number of aliphatic hydroxyl groups excluding tert-OH is 2. The number of halogens is 1. The summed E-state index contributed by atoms with van der Waals surface area (Å²) in [7, 11) is 3.14. The number of hydrogen-bond donors (Lipinski definition) is 5. The maximum atomic E-state index is 13.9. The van der Waals surface area contributed by atoms with Crippen LogP contribution in [0.1, 0.15) is 27.9 Å². The molecule has 0 unspecified atom stereocenters. The molecule has 3 aliphatic rings. The molecule has 0 saturated heterocycles. The van der Waals surface area contributed by atoms with Gasteiger partial charge in [-0.15, -0.1) is 0 Å². The van der Waals surface area contributed by atoms with Crippen LogP contribution in [0, 0.1) is 24.6 Å². The molecule has 6 N–H and O–H groups in total. The summed E-state index contributed by atoms with van der Waals surface area (Å²) < 4.78 is 13.9. The monoisotopic (exact) mass is 522 g/mol. The summed E-state index contributed by atoms with van der Waals surface area (Å²) in [4.78, 5) is 40.7. The number of aliphatic hydroxyl groups is 3. The van der Waals surface area contributed by atoms with E-state index in [0.717, 1.165) is 0 Å². The molecule has 9 nitrogen and oxygen atoms in total. The number of primary amides is 1. The van der Waals surface area contributed by atoms with Crippen molar-refractivity contribution < 1.29 is 39.2 Å². The number of likely N-dealkylation sites (N-methyl/N-ethyl adjacent to an activating group) is 1. The van der Waals surface area contributed by atoms with E-state index in [1.165, 1.54) is 17.0 Å². The predicted molar refractivity (Wildman–Crippen MR) is 134 cm³/mol. The van der Waals surface area contributed by atoms with Crippen LogP contribution in [0.15, 0.2) is 53.0 Å². The molecule has 0 aromatic heterocycles. The van der Waals surface area contributed by atoms with Crippen LogP contribution in [-0.2, 0) is 16.0 Å². The fourth-order valence-corrected chi connectivity index (χ4v) is 6.33. The van der Waals surface area contributed by atoms with E-state index in [2.05, 4.69) is 0 Å². The fourth-order valence-electron chi connectivity index (χ4n) is 6.33. The Balaban J connectivity index is 1.73. The van der Waals surface area contributed by atoms with Crippen molar-refractivity contribution in [3.05, 3.63) is 75.5 Å². The van der Waals surface area contributed by atoms with Gasteiger partial charge in [0, 0.05) is 11.5 Å². The number of ketones is 2. The highest BCUT2D eigenvalue weighted by Crippen LogP contribution is 2.53. The molecule has 198 valence electrons. The van der Waals surface area contributed by atoms with Gasteiger partial charge < -0.3 is 26.2 Å². The van der Waals surface area contributed by atoms with E-state index in [9.17, 15) is 39.2 Å². The number of amides is 1. The number of allylic oxidation sites excluding steroid dienone is 1. The number of nitrogens with zero attached hydrogens (tertiary/aromatic N) is 1. The molecule has 0 fully saturated rings.